The molecule has 13 N–H and O–H groups in total. The predicted molar refractivity (Wildman–Crippen MR) is 483 cm³/mol. The van der Waals surface area contributed by atoms with Gasteiger partial charge in [-0.3, -0.25) is 76.7 Å². The van der Waals surface area contributed by atoms with Crippen molar-refractivity contribution in [1.82, 2.24) is 72.0 Å². The molecule has 690 valence electrons. The number of rotatable bonds is 25. The second kappa shape index (κ2) is 49.6. The van der Waals surface area contributed by atoms with Crippen LogP contribution in [0.25, 0.3) is 10.9 Å². The molecule has 0 bridgehead atoms. The molecule has 35 heteroatoms. The molecule has 0 unspecified atom stereocenters. The van der Waals surface area contributed by atoms with Gasteiger partial charge in [0.25, 0.3) is 6.47 Å². The minimum atomic E-state index is -1.73. The smallest absolute Gasteiger partial charge is 0.293 e. The Hall–Kier alpha value is -13.5. The number of amides is 14. The topological polar surface area (TPSA) is 477 Å². The van der Waals surface area contributed by atoms with Gasteiger partial charge in [-0.25, -0.2) is 0 Å². The standard InChI is InChI=1S/C94H119N15O19S/c1-11-12-32-76-92(125)106(7)52-82(116)99-74(53-128-56-110)88(121)104-84(58(4)5)94(127)108(9)77(47-60-26-18-14-19-27-60)89(122)102-72(46-63-35-39-66(112)40-36-63)90(123)105(6)51-81(115)97-71(49-64-50-96-68-31-23-22-30-67(64)68)87(120)101-70(44-62-33-37-65(111)38-34-62)86(119)100-69(43-57(2)3)85(118)103-75(79(113)41-42-80(95)114)54-129-55-83(117)98-73(45-59-24-16-13-17-25-59)91(124)109(10)78(93(126)107(76)8)48-61-28-20-15-21-29-61/h13-31,33-40,50,56-58,69-78,84,96,111-112H,11-12,32,41-49,51-55H2,1-10H3,(H2,95,114)(H,97,115)(H,98,117)(H,99,116)(H,100,119)(H,101,120)(H,102,122)(H,103,118)(H,104,121)/t69-,70-,71-,72-,73-,74-,75-,76-,77-,78-,84-/m0/s1. The molecule has 2 heterocycles. The van der Waals surface area contributed by atoms with E-state index in [1.165, 1.54) is 93.6 Å². The Morgan fingerprint density at radius 1 is 0.465 bits per heavy atom. The van der Waals surface area contributed by atoms with E-state index in [4.69, 9.17) is 10.5 Å². The first-order valence-corrected chi connectivity index (χ1v) is 44.0. The van der Waals surface area contributed by atoms with E-state index in [-0.39, 0.29) is 81.0 Å². The van der Waals surface area contributed by atoms with Gasteiger partial charge in [0.1, 0.15) is 78.5 Å². The summed E-state index contributed by atoms with van der Waals surface area (Å²) in [5.74, 6) is -14.8. The number of para-hydroxylation sites is 1. The average Bonchev–Trinajstić information content (AvgIpc) is 1.80. The zero-order valence-corrected chi connectivity index (χ0v) is 75.1. The fraction of sp³-hybridized carbons (Fsp3) is 0.426. The molecule has 6 aromatic carbocycles. The molecule has 34 nitrogen and oxygen atoms in total. The number of aromatic hydroxyl groups is 2. The van der Waals surface area contributed by atoms with Gasteiger partial charge in [0.05, 0.1) is 24.9 Å². The van der Waals surface area contributed by atoms with Crippen molar-refractivity contribution in [3.63, 3.8) is 0 Å². The lowest BCUT2D eigenvalue weighted by molar-refractivity contribution is -0.151. The molecule has 0 aliphatic carbocycles. The third kappa shape index (κ3) is 30.6. The van der Waals surface area contributed by atoms with Gasteiger partial charge in [-0.15, -0.1) is 11.8 Å². The number of phenols is 2. The summed E-state index contributed by atoms with van der Waals surface area (Å²) >= 11 is 0.875. The number of phenolic OH excluding ortho intramolecular Hbond substituents is 2. The zero-order valence-electron chi connectivity index (χ0n) is 74.3. The number of likely N-dealkylation sites (N-methyl/N-ethyl adjacent to an activating group) is 5. The Bertz CT molecular complexity index is 5030. The minimum Gasteiger partial charge on any atom is -0.508 e. The summed E-state index contributed by atoms with van der Waals surface area (Å²) in [5, 5.41) is 43.3. The maximum absolute atomic E-state index is 15.5. The number of aromatic nitrogens is 1. The molecular formula is C94H119N15O19S. The molecule has 129 heavy (non-hydrogen) atoms. The van der Waals surface area contributed by atoms with Crippen molar-refractivity contribution in [2.45, 2.75) is 178 Å². The lowest BCUT2D eigenvalue weighted by atomic mass is 9.98. The Balaban J connectivity index is 1.21. The molecule has 0 saturated carbocycles. The first-order chi connectivity index (χ1) is 61.5. The molecule has 11 atom stereocenters. The maximum Gasteiger partial charge on any atom is 0.293 e. The quantitative estimate of drug-likeness (QED) is 0.0365. The van der Waals surface area contributed by atoms with E-state index in [1.54, 1.807) is 149 Å². The fourth-order valence-corrected chi connectivity index (χ4v) is 15.9. The largest absolute Gasteiger partial charge is 0.508 e. The van der Waals surface area contributed by atoms with Crippen molar-refractivity contribution >= 4 is 118 Å². The number of carbonyl (C=O) groups is 16. The summed E-state index contributed by atoms with van der Waals surface area (Å²) < 4.78 is 5.05. The van der Waals surface area contributed by atoms with E-state index in [2.05, 4.69) is 47.5 Å². The monoisotopic (exact) mass is 1790 g/mol. The van der Waals surface area contributed by atoms with Crippen molar-refractivity contribution in [2.75, 3.05) is 66.4 Å². The first kappa shape index (κ1) is 101. The van der Waals surface area contributed by atoms with Gasteiger partial charge in [-0.05, 0) is 88.4 Å². The third-order valence-corrected chi connectivity index (χ3v) is 23.3. The Labute approximate surface area is 754 Å². The molecule has 8 rings (SSSR count). The molecule has 14 amide bonds. The lowest BCUT2D eigenvalue weighted by Crippen LogP contribution is -2.61. The van der Waals surface area contributed by atoms with Crippen molar-refractivity contribution < 1.29 is 91.7 Å². The highest BCUT2D eigenvalue weighted by atomic mass is 32.2. The number of primary amides is 1. The molecule has 1 aliphatic rings. The highest BCUT2D eigenvalue weighted by Gasteiger charge is 2.42. The summed E-state index contributed by atoms with van der Waals surface area (Å²) in [7, 11) is 6.65. The van der Waals surface area contributed by atoms with E-state index >= 15 is 38.4 Å². The number of H-pyrrole nitrogens is 1. The number of nitrogens with zero attached hydrogens (tertiary/aromatic N) is 5. The Morgan fingerprint density at radius 3 is 1.46 bits per heavy atom. The number of thioether (sulfide) groups is 1. The number of Topliss-reactive ketones (excluding diaryl/α,β-unsaturated/α-hetero) is 1. The van der Waals surface area contributed by atoms with E-state index < -0.39 is 199 Å². The van der Waals surface area contributed by atoms with Crippen molar-refractivity contribution in [3.8, 4) is 11.5 Å². The van der Waals surface area contributed by atoms with Crippen molar-refractivity contribution in [1.29, 1.82) is 0 Å². The highest BCUT2D eigenvalue weighted by Crippen LogP contribution is 2.25. The molecule has 0 radical (unpaired) electrons. The van der Waals surface area contributed by atoms with Crippen LogP contribution in [0, 0.1) is 11.8 Å². The maximum atomic E-state index is 15.5. The number of ketones is 1. The van der Waals surface area contributed by atoms with Crippen LogP contribution in [0.15, 0.2) is 170 Å². The highest BCUT2D eigenvalue weighted by molar-refractivity contribution is 8.00. The average molecular weight is 1800 g/mol. The zero-order chi connectivity index (χ0) is 94.1. The summed E-state index contributed by atoms with van der Waals surface area (Å²) in [6.07, 6.45) is 0.438. The van der Waals surface area contributed by atoms with Gasteiger partial charge in [-0.2, -0.15) is 0 Å². The van der Waals surface area contributed by atoms with E-state index in [0.717, 1.165) is 26.5 Å². The number of unbranched alkanes of at least 4 members (excludes halogenated alkanes) is 1. The number of carbonyl (C=O) groups excluding carboxylic acids is 16. The Kier molecular flexibility index (Phi) is 38.8. The van der Waals surface area contributed by atoms with Crippen LogP contribution in [0.4, 0.5) is 0 Å². The van der Waals surface area contributed by atoms with E-state index in [1.807, 2.05) is 6.92 Å². The predicted octanol–water partition coefficient (Wildman–Crippen LogP) is 3.26. The van der Waals surface area contributed by atoms with Crippen molar-refractivity contribution in [3.05, 3.63) is 203 Å². The number of aromatic amines is 1. The first-order valence-electron chi connectivity index (χ1n) is 42.9. The van der Waals surface area contributed by atoms with Gasteiger partial charge in [-0.1, -0.05) is 181 Å². The molecule has 0 spiro atoms. The molecule has 1 saturated heterocycles. The summed E-state index contributed by atoms with van der Waals surface area (Å²) in [6.45, 7) is 6.30. The number of fused-ring (bicyclic) bond motifs is 1. The number of ether oxygens (including phenoxy) is 1. The SMILES string of the molecule is CCCC[C@H]1C(=O)N(C)CC(=O)N[C@@H](COC=O)C(=O)N[C@@H](C(C)C)C(=O)N(C)[C@@H](Cc2ccccc2)C(=O)N[C@@H](Cc2ccc(O)cc2)C(=O)N(C)CC(=O)N[C@@H](Cc2c[nH]c3ccccc23)C(=O)N[C@@H](Cc2ccc(O)cc2)C(=O)N[C@@H](CC(C)C)C(=O)N[C@H](C(=O)CCC(N)=O)CSCC(=O)N[C@@H](Cc2ccccc2)C(=O)N(C)[C@@H](Cc2ccccc2)C(=O)N1C. The third-order valence-electron chi connectivity index (χ3n) is 22.3. The number of nitrogens with two attached hydrogens (primary N) is 1. The summed E-state index contributed by atoms with van der Waals surface area (Å²) in [6, 6.07) is 28.1. The normalized spacial score (nSPS) is 21.9. The van der Waals surface area contributed by atoms with Gasteiger partial charge in [0.2, 0.25) is 82.7 Å². The summed E-state index contributed by atoms with van der Waals surface area (Å²) in [4.78, 5) is 243. The fourth-order valence-electron chi connectivity index (χ4n) is 15.0. The van der Waals surface area contributed by atoms with E-state index in [0.29, 0.717) is 57.1 Å². The van der Waals surface area contributed by atoms with E-state index in [9.17, 15) is 48.6 Å². The van der Waals surface area contributed by atoms with Crippen LogP contribution >= 0.6 is 11.8 Å². The lowest BCUT2D eigenvalue weighted by Gasteiger charge is -2.37. The molecule has 1 fully saturated rings. The number of nitrogens with one attached hydrogen (secondary N) is 9. The van der Waals surface area contributed by atoms with Crippen LogP contribution in [0.1, 0.15) is 107 Å². The molecule has 1 aliphatic heterocycles. The van der Waals surface area contributed by atoms with Crippen LogP contribution in [-0.4, -0.2) is 268 Å². The van der Waals surface area contributed by atoms with Crippen LogP contribution in [0.5, 0.6) is 11.5 Å². The minimum absolute atomic E-state index is 0.0288. The van der Waals surface area contributed by atoms with Crippen molar-refractivity contribution in [2.24, 2.45) is 17.6 Å². The number of hydrogen-bond acceptors (Lipinski definition) is 20. The molecule has 7 aromatic rings. The van der Waals surface area contributed by atoms with Crippen LogP contribution in [0.3, 0.4) is 0 Å². The van der Waals surface area contributed by atoms with Gasteiger partial charge < -0.3 is 92.7 Å². The molecule has 1 aromatic heterocycles. The van der Waals surface area contributed by atoms with Crippen LogP contribution < -0.4 is 48.3 Å². The van der Waals surface area contributed by atoms with Crippen LogP contribution in [-0.2, 0) is 120 Å². The number of benzene rings is 6. The Morgan fingerprint density at radius 2 is 0.915 bits per heavy atom. The number of hydrogen-bond donors (Lipinski definition) is 12. The molecular weight excluding hydrogens is 1680 g/mol. The second-order valence-electron chi connectivity index (χ2n) is 33.1. The van der Waals surface area contributed by atoms with Gasteiger partial charge in [0, 0.05) is 109 Å². The van der Waals surface area contributed by atoms with Gasteiger partial charge in [0.15, 0.2) is 5.78 Å². The summed E-state index contributed by atoms with van der Waals surface area (Å²) in [5.41, 5.74) is 9.28. The second-order valence-corrected chi connectivity index (χ2v) is 34.2. The van der Waals surface area contributed by atoms with Gasteiger partial charge >= 0.3 is 0 Å². The van der Waals surface area contributed by atoms with Crippen LogP contribution in [0.2, 0.25) is 0 Å².